The van der Waals surface area contributed by atoms with E-state index in [1.54, 1.807) is 17.3 Å². The minimum Gasteiger partial charge on any atom is -0.334 e. The van der Waals surface area contributed by atoms with E-state index in [1.807, 2.05) is 13.8 Å². The van der Waals surface area contributed by atoms with Crippen molar-refractivity contribution in [3.8, 4) is 0 Å². The van der Waals surface area contributed by atoms with Crippen molar-refractivity contribution in [2.24, 2.45) is 5.73 Å². The van der Waals surface area contributed by atoms with Gasteiger partial charge in [-0.25, -0.2) is 4.98 Å². The predicted molar refractivity (Wildman–Crippen MR) is 88.9 cm³/mol. The summed E-state index contributed by atoms with van der Waals surface area (Å²) in [6.07, 6.45) is 0. The average Bonchev–Trinajstić information content (AvgIpc) is 2.94. The van der Waals surface area contributed by atoms with Crippen molar-refractivity contribution in [2.75, 3.05) is 7.05 Å². The zero-order valence-electron chi connectivity index (χ0n) is 12.4. The van der Waals surface area contributed by atoms with Crippen LogP contribution >= 0.6 is 23.7 Å². The van der Waals surface area contributed by atoms with Gasteiger partial charge in [-0.1, -0.05) is 29.8 Å². The molecule has 1 heterocycles. The molecule has 1 unspecified atom stereocenters. The lowest BCUT2D eigenvalue weighted by atomic mass is 10.1. The smallest absolute Gasteiger partial charge is 0.273 e. The van der Waals surface area contributed by atoms with Gasteiger partial charge in [0.05, 0.1) is 6.04 Å². The lowest BCUT2D eigenvalue weighted by molar-refractivity contribution is 0.0737. The molecule has 1 aromatic carbocycles. The van der Waals surface area contributed by atoms with Crippen LogP contribution in [0.25, 0.3) is 0 Å². The van der Waals surface area contributed by atoms with Crippen LogP contribution in [0.4, 0.5) is 0 Å². The molecule has 1 aromatic heterocycles. The third kappa shape index (κ3) is 4.03. The van der Waals surface area contributed by atoms with Crippen molar-refractivity contribution in [1.82, 2.24) is 9.88 Å². The fourth-order valence-electron chi connectivity index (χ4n) is 1.93. The van der Waals surface area contributed by atoms with Crippen LogP contribution in [0.3, 0.4) is 0 Å². The number of halogens is 1. The van der Waals surface area contributed by atoms with E-state index in [-0.39, 0.29) is 24.4 Å². The summed E-state index contributed by atoms with van der Waals surface area (Å²) in [4.78, 5) is 18.3. The quantitative estimate of drug-likeness (QED) is 0.939. The molecular formula is C15H20ClN3OS. The molecule has 21 heavy (non-hydrogen) atoms. The number of nitrogens with zero attached hydrogens (tertiary/aromatic N) is 2. The third-order valence-electron chi connectivity index (χ3n) is 3.41. The normalized spacial score (nSPS) is 11.6. The van der Waals surface area contributed by atoms with Crippen LogP contribution in [0.5, 0.6) is 0 Å². The molecule has 0 aliphatic heterocycles. The lowest BCUT2D eigenvalue weighted by Gasteiger charge is -2.24. The highest BCUT2D eigenvalue weighted by molar-refractivity contribution is 7.09. The Kier molecular flexibility index (Phi) is 6.33. The number of aromatic nitrogens is 1. The molecule has 0 aliphatic carbocycles. The molecule has 0 fully saturated rings. The van der Waals surface area contributed by atoms with Crippen molar-refractivity contribution in [1.29, 1.82) is 0 Å². The van der Waals surface area contributed by atoms with Crippen molar-refractivity contribution < 1.29 is 4.79 Å². The van der Waals surface area contributed by atoms with E-state index < -0.39 is 0 Å². The molecule has 1 amide bonds. The minimum absolute atomic E-state index is 0. The predicted octanol–water partition coefficient (Wildman–Crippen LogP) is 3.17. The number of amides is 1. The molecule has 2 rings (SSSR count). The summed E-state index contributed by atoms with van der Waals surface area (Å²) in [6.45, 7) is 4.43. The summed E-state index contributed by atoms with van der Waals surface area (Å²) in [7, 11) is 1.80. The molecule has 0 bridgehead atoms. The van der Waals surface area contributed by atoms with E-state index in [0.29, 0.717) is 12.2 Å². The highest BCUT2D eigenvalue weighted by atomic mass is 35.5. The first kappa shape index (κ1) is 17.6. The molecule has 114 valence electrons. The van der Waals surface area contributed by atoms with Gasteiger partial charge >= 0.3 is 0 Å². The van der Waals surface area contributed by atoms with Crippen LogP contribution in [-0.2, 0) is 6.54 Å². The maximum atomic E-state index is 12.4. The summed E-state index contributed by atoms with van der Waals surface area (Å²) in [5, 5.41) is 2.55. The molecule has 0 radical (unpaired) electrons. The number of rotatable bonds is 4. The van der Waals surface area contributed by atoms with Gasteiger partial charge in [0.25, 0.3) is 5.91 Å². The SMILES string of the molecule is Cc1ccc(C(C)N(C)C(=O)c2csc(CN)n2)cc1.Cl. The maximum Gasteiger partial charge on any atom is 0.273 e. The van der Waals surface area contributed by atoms with E-state index in [9.17, 15) is 4.79 Å². The molecule has 0 aliphatic rings. The van der Waals surface area contributed by atoms with E-state index in [4.69, 9.17) is 5.73 Å². The van der Waals surface area contributed by atoms with Gasteiger partial charge in [0.1, 0.15) is 10.7 Å². The van der Waals surface area contributed by atoms with Crippen LogP contribution in [0.15, 0.2) is 29.6 Å². The second kappa shape index (κ2) is 7.54. The maximum absolute atomic E-state index is 12.4. The van der Waals surface area contributed by atoms with Crippen LogP contribution in [0.2, 0.25) is 0 Å². The summed E-state index contributed by atoms with van der Waals surface area (Å²) < 4.78 is 0. The van der Waals surface area contributed by atoms with Crippen LogP contribution in [0, 0.1) is 6.92 Å². The van der Waals surface area contributed by atoms with Gasteiger partial charge in [0.15, 0.2) is 0 Å². The average molecular weight is 326 g/mol. The van der Waals surface area contributed by atoms with Gasteiger partial charge in [0, 0.05) is 19.0 Å². The van der Waals surface area contributed by atoms with Gasteiger partial charge in [-0.05, 0) is 19.4 Å². The highest BCUT2D eigenvalue weighted by Crippen LogP contribution is 2.21. The standard InChI is InChI=1S/C15H19N3OS.ClH/c1-10-4-6-12(7-5-10)11(2)18(3)15(19)13-9-20-14(8-16)17-13;/h4-7,9,11H,8,16H2,1-3H3;1H. The minimum atomic E-state index is -0.0750. The summed E-state index contributed by atoms with van der Waals surface area (Å²) >= 11 is 1.42. The zero-order valence-corrected chi connectivity index (χ0v) is 14.0. The zero-order chi connectivity index (χ0) is 14.7. The molecular weight excluding hydrogens is 306 g/mol. The van der Waals surface area contributed by atoms with Crippen molar-refractivity contribution in [2.45, 2.75) is 26.4 Å². The largest absolute Gasteiger partial charge is 0.334 e. The molecule has 1 atom stereocenters. The number of carbonyl (C=O) groups excluding carboxylic acids is 1. The van der Waals surface area contributed by atoms with Gasteiger partial charge in [-0.2, -0.15) is 0 Å². The van der Waals surface area contributed by atoms with Gasteiger partial charge in [0.2, 0.25) is 0 Å². The third-order valence-corrected chi connectivity index (χ3v) is 4.28. The Morgan fingerprint density at radius 2 is 2.00 bits per heavy atom. The Morgan fingerprint density at radius 3 is 2.52 bits per heavy atom. The van der Waals surface area contributed by atoms with Gasteiger partial charge < -0.3 is 10.6 Å². The Bertz CT molecular complexity index is 597. The number of hydrogen-bond donors (Lipinski definition) is 1. The number of carbonyl (C=O) groups is 1. The fraction of sp³-hybridized carbons (Fsp3) is 0.333. The lowest BCUT2D eigenvalue weighted by Crippen LogP contribution is -2.30. The van der Waals surface area contributed by atoms with Gasteiger partial charge in [-0.15, -0.1) is 23.7 Å². The summed E-state index contributed by atoms with van der Waals surface area (Å²) in [5.74, 6) is -0.0750. The van der Waals surface area contributed by atoms with Crippen molar-refractivity contribution >= 4 is 29.7 Å². The Balaban J connectivity index is 0.00000220. The molecule has 0 saturated carbocycles. The molecule has 0 saturated heterocycles. The Morgan fingerprint density at radius 1 is 1.38 bits per heavy atom. The molecule has 2 aromatic rings. The van der Waals surface area contributed by atoms with E-state index in [1.165, 1.54) is 16.9 Å². The van der Waals surface area contributed by atoms with Crippen molar-refractivity contribution in [3.63, 3.8) is 0 Å². The highest BCUT2D eigenvalue weighted by Gasteiger charge is 2.20. The van der Waals surface area contributed by atoms with Gasteiger partial charge in [-0.3, -0.25) is 4.79 Å². The summed E-state index contributed by atoms with van der Waals surface area (Å²) in [5.41, 5.74) is 8.32. The van der Waals surface area contributed by atoms with E-state index in [0.717, 1.165) is 10.6 Å². The fourth-order valence-corrected chi connectivity index (χ4v) is 2.58. The molecule has 0 spiro atoms. The van der Waals surface area contributed by atoms with E-state index >= 15 is 0 Å². The first-order valence-electron chi connectivity index (χ1n) is 6.51. The number of thiazole rings is 1. The second-order valence-electron chi connectivity index (χ2n) is 4.83. The Hall–Kier alpha value is -1.43. The molecule has 2 N–H and O–H groups in total. The first-order chi connectivity index (χ1) is 9.52. The molecule has 6 heteroatoms. The Labute approximate surface area is 135 Å². The van der Waals surface area contributed by atoms with Crippen molar-refractivity contribution in [3.05, 3.63) is 51.5 Å². The van der Waals surface area contributed by atoms with Crippen LogP contribution in [0.1, 0.15) is 39.6 Å². The topological polar surface area (TPSA) is 59.2 Å². The number of benzene rings is 1. The van der Waals surface area contributed by atoms with Crippen LogP contribution in [-0.4, -0.2) is 22.8 Å². The number of aryl methyl sites for hydroxylation is 1. The monoisotopic (exact) mass is 325 g/mol. The summed E-state index contributed by atoms with van der Waals surface area (Å²) in [6, 6.07) is 8.22. The number of hydrogen-bond acceptors (Lipinski definition) is 4. The second-order valence-corrected chi connectivity index (χ2v) is 5.78. The van der Waals surface area contributed by atoms with Crippen LogP contribution < -0.4 is 5.73 Å². The van der Waals surface area contributed by atoms with E-state index in [2.05, 4.69) is 29.2 Å². The number of nitrogens with two attached hydrogens (primary N) is 1. The molecule has 4 nitrogen and oxygen atoms in total. The first-order valence-corrected chi connectivity index (χ1v) is 7.39.